The number of carbonyl (C=O) groups is 2. The van der Waals surface area contributed by atoms with E-state index in [2.05, 4.69) is 15.6 Å². The Kier molecular flexibility index (Phi) is 5.65. The maximum atomic E-state index is 12.0. The number of carboxylic acids is 1. The second kappa shape index (κ2) is 8.11. The molecule has 1 aliphatic rings. The van der Waals surface area contributed by atoms with E-state index in [1.165, 1.54) is 12.8 Å². The lowest BCUT2D eigenvalue weighted by molar-refractivity contribution is -0.136. The number of oxazole rings is 1. The van der Waals surface area contributed by atoms with Crippen LogP contribution in [0.4, 0.5) is 0 Å². The van der Waals surface area contributed by atoms with Gasteiger partial charge in [-0.2, -0.15) is 0 Å². The molecule has 7 heteroatoms. The number of aryl methyl sites for hydroxylation is 1. The van der Waals surface area contributed by atoms with Crippen LogP contribution in [0.5, 0.6) is 0 Å². The average molecular weight is 345 g/mol. The van der Waals surface area contributed by atoms with Crippen molar-refractivity contribution in [3.05, 3.63) is 29.7 Å². The van der Waals surface area contributed by atoms with Gasteiger partial charge < -0.3 is 20.2 Å². The summed E-state index contributed by atoms with van der Waals surface area (Å²) in [6.45, 7) is 2.27. The number of fused-ring (bicyclic) bond motifs is 1. The SMILES string of the molecule is O=C(O)CCNC(=O)c1ccc2oc(CCC3CCNCC3)nc2c1. The van der Waals surface area contributed by atoms with Crippen LogP contribution in [0.3, 0.4) is 0 Å². The molecule has 1 amide bonds. The number of nitrogens with one attached hydrogen (secondary N) is 2. The number of rotatable bonds is 7. The molecular formula is C18H23N3O4. The zero-order valence-electron chi connectivity index (χ0n) is 14.1. The molecule has 0 atom stereocenters. The summed E-state index contributed by atoms with van der Waals surface area (Å²) < 4.78 is 5.77. The van der Waals surface area contributed by atoms with Crippen molar-refractivity contribution in [2.75, 3.05) is 19.6 Å². The van der Waals surface area contributed by atoms with Crippen molar-refractivity contribution in [2.24, 2.45) is 5.92 Å². The minimum atomic E-state index is -0.939. The molecule has 1 aliphatic heterocycles. The molecule has 1 aromatic carbocycles. The van der Waals surface area contributed by atoms with E-state index < -0.39 is 5.97 Å². The number of aromatic nitrogens is 1. The number of nitrogens with zero attached hydrogens (tertiary/aromatic N) is 1. The van der Waals surface area contributed by atoms with Crippen molar-refractivity contribution >= 4 is 23.0 Å². The summed E-state index contributed by atoms with van der Waals surface area (Å²) in [6.07, 6.45) is 4.16. The minimum absolute atomic E-state index is 0.0984. The van der Waals surface area contributed by atoms with Gasteiger partial charge in [0.1, 0.15) is 5.52 Å². The third-order valence-corrected chi connectivity index (χ3v) is 4.54. The molecule has 0 spiro atoms. The van der Waals surface area contributed by atoms with Gasteiger partial charge in [0.05, 0.1) is 6.42 Å². The van der Waals surface area contributed by atoms with Crippen LogP contribution in [0.2, 0.25) is 0 Å². The van der Waals surface area contributed by atoms with E-state index in [4.69, 9.17) is 9.52 Å². The molecule has 0 aliphatic carbocycles. The molecule has 0 unspecified atom stereocenters. The van der Waals surface area contributed by atoms with E-state index >= 15 is 0 Å². The zero-order valence-corrected chi connectivity index (χ0v) is 14.1. The highest BCUT2D eigenvalue weighted by Gasteiger charge is 2.15. The molecule has 0 radical (unpaired) electrons. The van der Waals surface area contributed by atoms with Gasteiger partial charge >= 0.3 is 5.97 Å². The Bertz CT molecular complexity index is 750. The Hall–Kier alpha value is -2.41. The first kappa shape index (κ1) is 17.4. The highest BCUT2D eigenvalue weighted by atomic mass is 16.4. The van der Waals surface area contributed by atoms with Crippen LogP contribution in [0.1, 0.15) is 41.9 Å². The molecule has 25 heavy (non-hydrogen) atoms. The Labute approximate surface area is 145 Å². The quantitative estimate of drug-likeness (QED) is 0.709. The Morgan fingerprint density at radius 3 is 2.88 bits per heavy atom. The zero-order chi connectivity index (χ0) is 17.6. The normalized spacial score (nSPS) is 15.4. The molecule has 134 valence electrons. The molecule has 1 fully saturated rings. The molecule has 3 N–H and O–H groups in total. The molecule has 1 saturated heterocycles. The van der Waals surface area contributed by atoms with E-state index in [9.17, 15) is 9.59 Å². The predicted molar refractivity (Wildman–Crippen MR) is 92.5 cm³/mol. The topological polar surface area (TPSA) is 104 Å². The van der Waals surface area contributed by atoms with Crippen LogP contribution in [0, 0.1) is 5.92 Å². The molecule has 3 rings (SSSR count). The smallest absolute Gasteiger partial charge is 0.305 e. The van der Waals surface area contributed by atoms with Crippen molar-refractivity contribution in [2.45, 2.75) is 32.1 Å². The minimum Gasteiger partial charge on any atom is -0.481 e. The van der Waals surface area contributed by atoms with Crippen LogP contribution in [-0.2, 0) is 11.2 Å². The molecule has 7 nitrogen and oxygen atoms in total. The Balaban J connectivity index is 1.60. The van der Waals surface area contributed by atoms with Crippen LogP contribution < -0.4 is 10.6 Å². The number of carbonyl (C=O) groups excluding carboxylic acids is 1. The van der Waals surface area contributed by atoms with Gasteiger partial charge in [0.15, 0.2) is 11.5 Å². The van der Waals surface area contributed by atoms with E-state index in [-0.39, 0.29) is 18.9 Å². The third kappa shape index (κ3) is 4.79. The van der Waals surface area contributed by atoms with Crippen molar-refractivity contribution < 1.29 is 19.1 Å². The van der Waals surface area contributed by atoms with Gasteiger partial charge in [-0.15, -0.1) is 0 Å². The van der Waals surface area contributed by atoms with Crippen LogP contribution in [0.15, 0.2) is 22.6 Å². The fourth-order valence-electron chi connectivity index (χ4n) is 3.11. The fraction of sp³-hybridized carbons (Fsp3) is 0.500. The number of hydrogen-bond donors (Lipinski definition) is 3. The van der Waals surface area contributed by atoms with Gasteiger partial charge in [0.25, 0.3) is 5.91 Å². The number of aliphatic carboxylic acids is 1. The molecular weight excluding hydrogens is 322 g/mol. The maximum absolute atomic E-state index is 12.0. The summed E-state index contributed by atoms with van der Waals surface area (Å²) >= 11 is 0. The number of benzene rings is 1. The second-order valence-corrected chi connectivity index (χ2v) is 6.42. The number of carboxylic acid groups (broad SMARTS) is 1. The standard InChI is InChI=1S/C18H23N3O4/c22-17(23)7-10-20-18(24)13-2-3-15-14(11-13)21-16(25-15)4-1-12-5-8-19-9-6-12/h2-3,11-12,19H,1,4-10H2,(H,20,24)(H,22,23). The van der Waals surface area contributed by atoms with Gasteiger partial charge in [0, 0.05) is 18.5 Å². The van der Waals surface area contributed by atoms with Crippen LogP contribution in [0.25, 0.3) is 11.1 Å². The maximum Gasteiger partial charge on any atom is 0.305 e. The number of hydrogen-bond acceptors (Lipinski definition) is 5. The van der Waals surface area contributed by atoms with Crippen molar-refractivity contribution in [1.29, 1.82) is 0 Å². The Morgan fingerprint density at radius 1 is 1.32 bits per heavy atom. The van der Waals surface area contributed by atoms with Gasteiger partial charge in [0.2, 0.25) is 0 Å². The molecule has 1 aromatic heterocycles. The van der Waals surface area contributed by atoms with Gasteiger partial charge in [-0.05, 0) is 56.5 Å². The predicted octanol–water partition coefficient (Wildman–Crippen LogP) is 1.96. The monoisotopic (exact) mass is 345 g/mol. The summed E-state index contributed by atoms with van der Waals surface area (Å²) in [7, 11) is 0. The van der Waals surface area contributed by atoms with E-state index in [1.54, 1.807) is 18.2 Å². The number of amides is 1. The largest absolute Gasteiger partial charge is 0.481 e. The van der Waals surface area contributed by atoms with Gasteiger partial charge in [-0.25, -0.2) is 4.98 Å². The summed E-state index contributed by atoms with van der Waals surface area (Å²) in [5, 5.41) is 14.6. The second-order valence-electron chi connectivity index (χ2n) is 6.42. The van der Waals surface area contributed by atoms with Crippen LogP contribution >= 0.6 is 0 Å². The first-order chi connectivity index (χ1) is 12.1. The lowest BCUT2D eigenvalue weighted by Crippen LogP contribution is -2.27. The Morgan fingerprint density at radius 2 is 2.12 bits per heavy atom. The summed E-state index contributed by atoms with van der Waals surface area (Å²) in [6, 6.07) is 5.09. The van der Waals surface area contributed by atoms with Crippen molar-refractivity contribution in [3.63, 3.8) is 0 Å². The molecule has 0 bridgehead atoms. The molecule has 2 aromatic rings. The summed E-state index contributed by atoms with van der Waals surface area (Å²) in [4.78, 5) is 27.0. The van der Waals surface area contributed by atoms with Gasteiger partial charge in [-0.1, -0.05) is 0 Å². The fourth-order valence-corrected chi connectivity index (χ4v) is 3.11. The first-order valence-corrected chi connectivity index (χ1v) is 8.72. The van der Waals surface area contributed by atoms with E-state index in [0.717, 1.165) is 25.9 Å². The van der Waals surface area contributed by atoms with Crippen LogP contribution in [-0.4, -0.2) is 41.6 Å². The van der Waals surface area contributed by atoms with Crippen molar-refractivity contribution in [1.82, 2.24) is 15.6 Å². The van der Waals surface area contributed by atoms with E-state index in [1.807, 2.05) is 0 Å². The summed E-state index contributed by atoms with van der Waals surface area (Å²) in [5.74, 6) is 0.178. The van der Waals surface area contributed by atoms with Crippen molar-refractivity contribution in [3.8, 4) is 0 Å². The van der Waals surface area contributed by atoms with E-state index in [0.29, 0.717) is 28.5 Å². The molecule has 2 heterocycles. The third-order valence-electron chi connectivity index (χ3n) is 4.54. The summed E-state index contributed by atoms with van der Waals surface area (Å²) in [5.41, 5.74) is 1.78. The lowest BCUT2D eigenvalue weighted by Gasteiger charge is -2.21. The first-order valence-electron chi connectivity index (χ1n) is 8.72. The highest BCUT2D eigenvalue weighted by Crippen LogP contribution is 2.22. The lowest BCUT2D eigenvalue weighted by atomic mass is 9.93. The molecule has 0 saturated carbocycles. The average Bonchev–Trinajstić information content (AvgIpc) is 3.02. The highest BCUT2D eigenvalue weighted by molar-refractivity contribution is 5.97. The number of piperidine rings is 1. The van der Waals surface area contributed by atoms with Gasteiger partial charge in [-0.3, -0.25) is 9.59 Å².